The Balaban J connectivity index is 1.62. The molecule has 4 heteroatoms. The third-order valence-electron chi connectivity index (χ3n) is 3.81. The third-order valence-corrected chi connectivity index (χ3v) is 3.81. The van der Waals surface area contributed by atoms with Crippen molar-refractivity contribution in [1.82, 2.24) is 15.5 Å². The summed E-state index contributed by atoms with van der Waals surface area (Å²) in [6, 6.07) is 0.816. The topological polar surface area (TPSA) is 44.4 Å². The molecule has 0 bridgehead atoms. The summed E-state index contributed by atoms with van der Waals surface area (Å²) in [5, 5.41) is 6.30. The molecule has 1 heterocycles. The summed E-state index contributed by atoms with van der Waals surface area (Å²) in [6.45, 7) is 4.41. The molecule has 2 N–H and O–H groups in total. The molecule has 1 atom stereocenters. The van der Waals surface area contributed by atoms with Crippen molar-refractivity contribution in [3.63, 3.8) is 0 Å². The fourth-order valence-corrected chi connectivity index (χ4v) is 2.53. The van der Waals surface area contributed by atoms with Crippen LogP contribution in [0.3, 0.4) is 0 Å². The second kappa shape index (κ2) is 6.36. The Bertz CT molecular complexity index is 253. The summed E-state index contributed by atoms with van der Waals surface area (Å²) in [5.41, 5.74) is 0. The van der Waals surface area contributed by atoms with E-state index in [0.717, 1.165) is 31.6 Å². The Hall–Kier alpha value is -0.610. The van der Waals surface area contributed by atoms with Crippen LogP contribution in [0, 0.1) is 5.92 Å². The molecule has 0 spiro atoms. The second-order valence-corrected chi connectivity index (χ2v) is 5.41. The summed E-state index contributed by atoms with van der Waals surface area (Å²) in [6.07, 6.45) is 6.00. The number of carbonyl (C=O) groups is 1. The van der Waals surface area contributed by atoms with Gasteiger partial charge in [0.1, 0.15) is 0 Å². The van der Waals surface area contributed by atoms with E-state index in [1.165, 1.54) is 32.2 Å². The maximum absolute atomic E-state index is 11.2. The fourth-order valence-electron chi connectivity index (χ4n) is 2.53. The van der Waals surface area contributed by atoms with Gasteiger partial charge in [-0.25, -0.2) is 0 Å². The summed E-state index contributed by atoms with van der Waals surface area (Å²) >= 11 is 0. The third kappa shape index (κ3) is 4.64. The van der Waals surface area contributed by atoms with Gasteiger partial charge < -0.3 is 15.5 Å². The molecule has 1 saturated carbocycles. The highest BCUT2D eigenvalue weighted by atomic mass is 16.1. The SMILES string of the molecule is CNC(=O)CCN1CCCC(CNC2CC2)C1. The molecule has 98 valence electrons. The van der Waals surface area contributed by atoms with Gasteiger partial charge in [0.25, 0.3) is 0 Å². The lowest BCUT2D eigenvalue weighted by molar-refractivity contribution is -0.121. The number of carbonyl (C=O) groups excluding carboxylic acids is 1. The van der Waals surface area contributed by atoms with Crippen molar-refractivity contribution in [1.29, 1.82) is 0 Å². The Morgan fingerprint density at radius 1 is 1.35 bits per heavy atom. The van der Waals surface area contributed by atoms with Crippen molar-refractivity contribution >= 4 is 5.91 Å². The number of rotatable bonds is 6. The standard InChI is InChI=1S/C13H25N3O/c1-14-13(17)6-8-16-7-2-3-11(10-16)9-15-12-4-5-12/h11-12,15H,2-10H2,1H3,(H,14,17). The minimum atomic E-state index is 0.156. The normalized spacial score (nSPS) is 25.8. The van der Waals surface area contributed by atoms with Gasteiger partial charge in [-0.2, -0.15) is 0 Å². The van der Waals surface area contributed by atoms with Crippen LogP contribution in [0.15, 0.2) is 0 Å². The molecule has 2 aliphatic rings. The van der Waals surface area contributed by atoms with Crippen molar-refractivity contribution < 1.29 is 4.79 Å². The molecule has 1 aliphatic carbocycles. The highest BCUT2D eigenvalue weighted by Crippen LogP contribution is 2.21. The molecule has 1 amide bonds. The maximum atomic E-state index is 11.2. The van der Waals surface area contributed by atoms with Crippen LogP contribution in [0.1, 0.15) is 32.1 Å². The van der Waals surface area contributed by atoms with E-state index >= 15 is 0 Å². The van der Waals surface area contributed by atoms with Crippen LogP contribution >= 0.6 is 0 Å². The number of piperidine rings is 1. The quantitative estimate of drug-likeness (QED) is 0.713. The van der Waals surface area contributed by atoms with Gasteiger partial charge in [0, 0.05) is 32.6 Å². The van der Waals surface area contributed by atoms with Crippen LogP contribution in [-0.4, -0.2) is 50.1 Å². The van der Waals surface area contributed by atoms with Gasteiger partial charge >= 0.3 is 0 Å². The molecule has 1 unspecified atom stereocenters. The Kier molecular flexibility index (Phi) is 4.80. The molecule has 0 aromatic rings. The number of likely N-dealkylation sites (tertiary alicyclic amines) is 1. The zero-order valence-electron chi connectivity index (χ0n) is 10.9. The molecule has 0 radical (unpaired) electrons. The van der Waals surface area contributed by atoms with Crippen LogP contribution in [0.2, 0.25) is 0 Å². The predicted molar refractivity (Wildman–Crippen MR) is 68.9 cm³/mol. The molecular formula is C13H25N3O. The number of nitrogens with zero attached hydrogens (tertiary/aromatic N) is 1. The molecule has 2 fully saturated rings. The van der Waals surface area contributed by atoms with Gasteiger partial charge in [0.05, 0.1) is 0 Å². The van der Waals surface area contributed by atoms with Crippen molar-refractivity contribution in [2.75, 3.05) is 33.2 Å². The molecule has 0 aromatic carbocycles. The molecular weight excluding hydrogens is 214 g/mol. The highest BCUT2D eigenvalue weighted by molar-refractivity contribution is 5.75. The Morgan fingerprint density at radius 3 is 2.88 bits per heavy atom. The number of hydrogen-bond acceptors (Lipinski definition) is 3. The van der Waals surface area contributed by atoms with E-state index < -0.39 is 0 Å². The van der Waals surface area contributed by atoms with Gasteiger partial charge in [-0.05, 0) is 44.7 Å². The Morgan fingerprint density at radius 2 is 2.18 bits per heavy atom. The highest BCUT2D eigenvalue weighted by Gasteiger charge is 2.24. The first-order chi connectivity index (χ1) is 8.28. The summed E-state index contributed by atoms with van der Waals surface area (Å²) in [5.74, 6) is 0.942. The number of nitrogens with one attached hydrogen (secondary N) is 2. The maximum Gasteiger partial charge on any atom is 0.221 e. The lowest BCUT2D eigenvalue weighted by Gasteiger charge is -2.32. The zero-order chi connectivity index (χ0) is 12.1. The van der Waals surface area contributed by atoms with Crippen LogP contribution in [0.5, 0.6) is 0 Å². The average Bonchev–Trinajstić information content (AvgIpc) is 3.18. The van der Waals surface area contributed by atoms with E-state index in [1.54, 1.807) is 7.05 Å². The molecule has 1 aliphatic heterocycles. The van der Waals surface area contributed by atoms with E-state index in [-0.39, 0.29) is 5.91 Å². The van der Waals surface area contributed by atoms with Crippen molar-refractivity contribution in [2.45, 2.75) is 38.1 Å². The zero-order valence-corrected chi connectivity index (χ0v) is 10.9. The van der Waals surface area contributed by atoms with Crippen molar-refractivity contribution in [3.05, 3.63) is 0 Å². The minimum absolute atomic E-state index is 0.156. The van der Waals surface area contributed by atoms with E-state index in [0.29, 0.717) is 6.42 Å². The summed E-state index contributed by atoms with van der Waals surface area (Å²) in [7, 11) is 1.71. The minimum Gasteiger partial charge on any atom is -0.359 e. The first-order valence-corrected chi connectivity index (χ1v) is 6.94. The number of amides is 1. The Labute approximate surface area is 104 Å². The lowest BCUT2D eigenvalue weighted by Crippen LogP contribution is -2.41. The summed E-state index contributed by atoms with van der Waals surface area (Å²) < 4.78 is 0. The second-order valence-electron chi connectivity index (χ2n) is 5.41. The van der Waals surface area contributed by atoms with Crippen LogP contribution in [-0.2, 0) is 4.79 Å². The van der Waals surface area contributed by atoms with Gasteiger partial charge in [-0.1, -0.05) is 0 Å². The first kappa shape index (κ1) is 12.8. The lowest BCUT2D eigenvalue weighted by atomic mass is 9.98. The molecule has 1 saturated heterocycles. The van der Waals surface area contributed by atoms with Crippen molar-refractivity contribution in [2.24, 2.45) is 5.92 Å². The van der Waals surface area contributed by atoms with Gasteiger partial charge in [0.2, 0.25) is 5.91 Å². The molecule has 17 heavy (non-hydrogen) atoms. The summed E-state index contributed by atoms with van der Waals surface area (Å²) in [4.78, 5) is 13.7. The van der Waals surface area contributed by atoms with Gasteiger partial charge in [-0.15, -0.1) is 0 Å². The molecule has 2 rings (SSSR count). The van der Waals surface area contributed by atoms with Gasteiger partial charge in [0.15, 0.2) is 0 Å². The molecule has 0 aromatic heterocycles. The van der Waals surface area contributed by atoms with Crippen LogP contribution in [0.25, 0.3) is 0 Å². The largest absolute Gasteiger partial charge is 0.359 e. The van der Waals surface area contributed by atoms with E-state index in [1.807, 2.05) is 0 Å². The monoisotopic (exact) mass is 239 g/mol. The van der Waals surface area contributed by atoms with Crippen LogP contribution < -0.4 is 10.6 Å². The first-order valence-electron chi connectivity index (χ1n) is 6.94. The fraction of sp³-hybridized carbons (Fsp3) is 0.923. The average molecular weight is 239 g/mol. The van der Waals surface area contributed by atoms with Gasteiger partial charge in [-0.3, -0.25) is 4.79 Å². The van der Waals surface area contributed by atoms with E-state index in [2.05, 4.69) is 15.5 Å². The van der Waals surface area contributed by atoms with Crippen molar-refractivity contribution in [3.8, 4) is 0 Å². The van der Waals surface area contributed by atoms with E-state index in [4.69, 9.17) is 0 Å². The van der Waals surface area contributed by atoms with E-state index in [9.17, 15) is 4.79 Å². The molecule has 4 nitrogen and oxygen atoms in total. The van der Waals surface area contributed by atoms with Crippen LogP contribution in [0.4, 0.5) is 0 Å². The smallest absolute Gasteiger partial charge is 0.221 e. The number of hydrogen-bond donors (Lipinski definition) is 2. The predicted octanol–water partition coefficient (Wildman–Crippen LogP) is 0.587.